The zero-order chi connectivity index (χ0) is 13.4. The van der Waals surface area contributed by atoms with Crippen LogP contribution in [0.3, 0.4) is 0 Å². The zero-order valence-corrected chi connectivity index (χ0v) is 10.9. The van der Waals surface area contributed by atoms with Crippen LogP contribution in [0.5, 0.6) is 0 Å². The molecule has 3 rings (SSSR count). The van der Waals surface area contributed by atoms with Crippen molar-refractivity contribution in [2.75, 3.05) is 18.0 Å². The summed E-state index contributed by atoms with van der Waals surface area (Å²) in [5.41, 5.74) is 2.26. The molecule has 1 aliphatic rings. The first kappa shape index (κ1) is 12.0. The number of nitrogens with zero attached hydrogens (tertiary/aromatic N) is 2. The fourth-order valence-corrected chi connectivity index (χ4v) is 2.62. The Morgan fingerprint density at radius 3 is 2.68 bits per heavy atom. The van der Waals surface area contributed by atoms with Crippen molar-refractivity contribution in [2.45, 2.75) is 19.8 Å². The molecule has 19 heavy (non-hydrogen) atoms. The van der Waals surface area contributed by atoms with Crippen LogP contribution in [-0.4, -0.2) is 29.1 Å². The molecule has 0 amide bonds. The fourth-order valence-electron chi connectivity index (χ4n) is 2.62. The monoisotopic (exact) mass is 256 g/mol. The van der Waals surface area contributed by atoms with Gasteiger partial charge in [-0.25, -0.2) is 9.78 Å². The summed E-state index contributed by atoms with van der Waals surface area (Å²) in [6.07, 6.45) is 2.44. The number of pyridine rings is 1. The van der Waals surface area contributed by atoms with Gasteiger partial charge in [-0.1, -0.05) is 0 Å². The van der Waals surface area contributed by atoms with E-state index in [2.05, 4.69) is 16.0 Å². The third-order valence-electron chi connectivity index (χ3n) is 3.68. The smallest absolute Gasteiger partial charge is 0.335 e. The molecule has 1 N–H and O–H groups in total. The first-order valence-electron chi connectivity index (χ1n) is 6.55. The molecule has 2 heterocycles. The number of fused-ring (bicyclic) bond motifs is 1. The number of hydrogen-bond donors (Lipinski definition) is 1. The molecule has 0 unspecified atom stereocenters. The van der Waals surface area contributed by atoms with Gasteiger partial charge in [-0.3, -0.25) is 0 Å². The van der Waals surface area contributed by atoms with Crippen molar-refractivity contribution >= 4 is 22.7 Å². The molecule has 0 aliphatic carbocycles. The van der Waals surface area contributed by atoms with E-state index in [9.17, 15) is 4.79 Å². The first-order valence-corrected chi connectivity index (χ1v) is 6.55. The quantitative estimate of drug-likeness (QED) is 0.897. The third-order valence-corrected chi connectivity index (χ3v) is 3.68. The van der Waals surface area contributed by atoms with Gasteiger partial charge in [0.2, 0.25) is 0 Å². The number of rotatable bonds is 2. The highest BCUT2D eigenvalue weighted by Gasteiger charge is 2.15. The molecule has 98 valence electrons. The Morgan fingerprint density at radius 1 is 1.26 bits per heavy atom. The van der Waals surface area contributed by atoms with E-state index in [1.807, 2.05) is 6.92 Å². The second kappa shape index (κ2) is 4.53. The van der Waals surface area contributed by atoms with Gasteiger partial charge in [0.15, 0.2) is 0 Å². The summed E-state index contributed by atoms with van der Waals surface area (Å²) in [6, 6.07) is 7.17. The summed E-state index contributed by atoms with van der Waals surface area (Å²) >= 11 is 0. The van der Waals surface area contributed by atoms with Crippen molar-refractivity contribution in [3.63, 3.8) is 0 Å². The summed E-state index contributed by atoms with van der Waals surface area (Å²) in [5.74, 6) is 0.107. The largest absolute Gasteiger partial charge is 0.478 e. The lowest BCUT2D eigenvalue weighted by atomic mass is 10.1. The van der Waals surface area contributed by atoms with Crippen molar-refractivity contribution in [3.05, 3.63) is 35.4 Å². The van der Waals surface area contributed by atoms with E-state index in [0.717, 1.165) is 35.4 Å². The van der Waals surface area contributed by atoms with Crippen molar-refractivity contribution < 1.29 is 9.90 Å². The van der Waals surface area contributed by atoms with Crippen LogP contribution in [0.1, 0.15) is 28.8 Å². The van der Waals surface area contributed by atoms with E-state index in [4.69, 9.17) is 5.11 Å². The van der Waals surface area contributed by atoms with Crippen LogP contribution in [0.15, 0.2) is 24.3 Å². The Kier molecular flexibility index (Phi) is 2.85. The Bertz CT molecular complexity index is 646. The molecule has 0 spiro atoms. The van der Waals surface area contributed by atoms with Gasteiger partial charge in [-0.15, -0.1) is 0 Å². The van der Waals surface area contributed by atoms with Gasteiger partial charge in [-0.05, 0) is 49.6 Å². The van der Waals surface area contributed by atoms with Crippen LogP contribution in [0.25, 0.3) is 10.9 Å². The predicted molar refractivity (Wildman–Crippen MR) is 74.9 cm³/mol. The lowest BCUT2D eigenvalue weighted by Gasteiger charge is -2.18. The van der Waals surface area contributed by atoms with Gasteiger partial charge in [0.25, 0.3) is 0 Å². The number of anilines is 1. The average molecular weight is 256 g/mol. The SMILES string of the molecule is Cc1cc(N2CCCC2)nc2ccc(C(=O)O)cc12. The van der Waals surface area contributed by atoms with Gasteiger partial charge < -0.3 is 10.0 Å². The van der Waals surface area contributed by atoms with E-state index < -0.39 is 5.97 Å². The standard InChI is InChI=1S/C15H16N2O2/c1-10-8-14(17-6-2-3-7-17)16-13-5-4-11(15(18)19)9-12(10)13/h4-5,8-9H,2-3,6-7H2,1H3,(H,18,19). The number of carbonyl (C=O) groups is 1. The van der Waals surface area contributed by atoms with E-state index >= 15 is 0 Å². The van der Waals surface area contributed by atoms with Crippen molar-refractivity contribution in [1.82, 2.24) is 4.98 Å². The van der Waals surface area contributed by atoms with E-state index in [1.165, 1.54) is 12.8 Å². The molecule has 0 radical (unpaired) electrons. The maximum Gasteiger partial charge on any atom is 0.335 e. The second-order valence-electron chi connectivity index (χ2n) is 5.03. The minimum absolute atomic E-state index is 0.311. The Labute approximate surface area is 111 Å². The number of aromatic nitrogens is 1. The summed E-state index contributed by atoms with van der Waals surface area (Å²) < 4.78 is 0. The number of carboxylic acid groups (broad SMARTS) is 1. The highest BCUT2D eigenvalue weighted by molar-refractivity contribution is 5.94. The molecule has 0 saturated carbocycles. The Morgan fingerprint density at radius 2 is 2.00 bits per heavy atom. The van der Waals surface area contributed by atoms with Gasteiger partial charge in [0.1, 0.15) is 5.82 Å². The lowest BCUT2D eigenvalue weighted by Crippen LogP contribution is -2.19. The maximum atomic E-state index is 11.0. The number of aryl methyl sites for hydroxylation is 1. The first-order chi connectivity index (χ1) is 9.15. The third kappa shape index (κ3) is 2.14. The van der Waals surface area contributed by atoms with E-state index in [-0.39, 0.29) is 0 Å². The number of hydrogen-bond acceptors (Lipinski definition) is 3. The van der Waals surface area contributed by atoms with Crippen molar-refractivity contribution in [2.24, 2.45) is 0 Å². The van der Waals surface area contributed by atoms with E-state index in [1.54, 1.807) is 18.2 Å². The van der Waals surface area contributed by atoms with Crippen LogP contribution >= 0.6 is 0 Å². The molecule has 4 nitrogen and oxygen atoms in total. The molecule has 4 heteroatoms. The van der Waals surface area contributed by atoms with Gasteiger partial charge in [-0.2, -0.15) is 0 Å². The molecule has 1 aromatic heterocycles. The molecule has 1 saturated heterocycles. The molecular weight excluding hydrogens is 240 g/mol. The Hall–Kier alpha value is -2.10. The van der Waals surface area contributed by atoms with Crippen LogP contribution in [0, 0.1) is 6.92 Å². The summed E-state index contributed by atoms with van der Waals surface area (Å²) in [5, 5.41) is 9.95. The minimum Gasteiger partial charge on any atom is -0.478 e. The van der Waals surface area contributed by atoms with Gasteiger partial charge >= 0.3 is 5.97 Å². The van der Waals surface area contributed by atoms with Crippen LogP contribution in [-0.2, 0) is 0 Å². The Balaban J connectivity index is 2.11. The predicted octanol–water partition coefficient (Wildman–Crippen LogP) is 2.84. The maximum absolute atomic E-state index is 11.0. The summed E-state index contributed by atoms with van der Waals surface area (Å²) in [7, 11) is 0. The lowest BCUT2D eigenvalue weighted by molar-refractivity contribution is 0.0697. The van der Waals surface area contributed by atoms with E-state index in [0.29, 0.717) is 5.56 Å². The van der Waals surface area contributed by atoms with Crippen LogP contribution in [0.4, 0.5) is 5.82 Å². The minimum atomic E-state index is -0.898. The molecule has 1 fully saturated rings. The number of aromatic carboxylic acids is 1. The highest BCUT2D eigenvalue weighted by atomic mass is 16.4. The normalized spacial score (nSPS) is 15.1. The summed E-state index contributed by atoms with van der Waals surface area (Å²) in [6.45, 7) is 4.13. The molecule has 0 atom stereocenters. The van der Waals surface area contributed by atoms with Gasteiger partial charge in [0.05, 0.1) is 11.1 Å². The molecular formula is C15H16N2O2. The molecule has 1 aliphatic heterocycles. The zero-order valence-electron chi connectivity index (χ0n) is 10.9. The average Bonchev–Trinajstić information content (AvgIpc) is 2.92. The van der Waals surface area contributed by atoms with Crippen molar-refractivity contribution in [3.8, 4) is 0 Å². The van der Waals surface area contributed by atoms with Gasteiger partial charge in [0, 0.05) is 18.5 Å². The van der Waals surface area contributed by atoms with Crippen LogP contribution in [0.2, 0.25) is 0 Å². The molecule has 1 aromatic carbocycles. The number of carboxylic acids is 1. The van der Waals surface area contributed by atoms with Crippen molar-refractivity contribution in [1.29, 1.82) is 0 Å². The fraction of sp³-hybridized carbons (Fsp3) is 0.333. The molecule has 0 bridgehead atoms. The summed E-state index contributed by atoms with van der Waals surface area (Å²) in [4.78, 5) is 17.9. The number of benzene rings is 1. The highest BCUT2D eigenvalue weighted by Crippen LogP contribution is 2.25. The second-order valence-corrected chi connectivity index (χ2v) is 5.03. The molecule has 2 aromatic rings. The van der Waals surface area contributed by atoms with Crippen LogP contribution < -0.4 is 4.90 Å². The topological polar surface area (TPSA) is 53.4 Å².